The lowest BCUT2D eigenvalue weighted by molar-refractivity contribution is 0.395. The number of hydrogen-bond acceptors (Lipinski definition) is 5. The number of ether oxygens (including phenoxy) is 1. The first-order valence-electron chi connectivity index (χ1n) is 5.75. The Morgan fingerprint density at radius 3 is 2.94 bits per heavy atom. The predicted octanol–water partition coefficient (Wildman–Crippen LogP) is 1.38. The van der Waals surface area contributed by atoms with E-state index in [-0.39, 0.29) is 6.04 Å². The van der Waals surface area contributed by atoms with Crippen LogP contribution in [-0.2, 0) is 6.42 Å². The minimum absolute atomic E-state index is 0.179. The van der Waals surface area contributed by atoms with Crippen molar-refractivity contribution in [2.75, 3.05) is 14.2 Å². The minimum atomic E-state index is 0.179. The van der Waals surface area contributed by atoms with Crippen LogP contribution in [0.25, 0.3) is 0 Å². The Labute approximate surface area is 106 Å². The summed E-state index contributed by atoms with van der Waals surface area (Å²) in [5.41, 5.74) is 2.07. The molecule has 5 nitrogen and oxygen atoms in total. The number of likely N-dealkylation sites (N-methyl/N-ethyl adjacent to an activating group) is 1. The molecular weight excluding hydrogens is 228 g/mol. The van der Waals surface area contributed by atoms with Crippen LogP contribution in [0.5, 0.6) is 5.88 Å². The van der Waals surface area contributed by atoms with Crippen molar-refractivity contribution in [2.24, 2.45) is 0 Å². The van der Waals surface area contributed by atoms with Gasteiger partial charge in [0, 0.05) is 36.6 Å². The summed E-state index contributed by atoms with van der Waals surface area (Å²) in [4.78, 5) is 12.4. The van der Waals surface area contributed by atoms with E-state index in [9.17, 15) is 0 Å². The van der Waals surface area contributed by atoms with Crippen LogP contribution < -0.4 is 10.1 Å². The zero-order valence-corrected chi connectivity index (χ0v) is 10.5. The maximum atomic E-state index is 5.09. The van der Waals surface area contributed by atoms with Crippen LogP contribution in [0.1, 0.15) is 17.3 Å². The molecule has 5 heteroatoms. The third-order valence-electron chi connectivity index (χ3n) is 2.76. The number of aromatic nitrogens is 3. The van der Waals surface area contributed by atoms with Crippen LogP contribution in [-0.4, -0.2) is 29.1 Å². The summed E-state index contributed by atoms with van der Waals surface area (Å²) in [5, 5.41) is 3.26. The Balaban J connectivity index is 2.15. The molecule has 0 bridgehead atoms. The second-order valence-corrected chi connectivity index (χ2v) is 3.88. The van der Waals surface area contributed by atoms with Crippen molar-refractivity contribution in [1.29, 1.82) is 0 Å². The molecule has 0 aliphatic carbocycles. The third-order valence-corrected chi connectivity index (χ3v) is 2.76. The summed E-state index contributed by atoms with van der Waals surface area (Å²) in [7, 11) is 3.53. The average molecular weight is 244 g/mol. The van der Waals surface area contributed by atoms with Crippen LogP contribution in [0.15, 0.2) is 36.9 Å². The van der Waals surface area contributed by atoms with Gasteiger partial charge in [-0.15, -0.1) is 0 Å². The van der Waals surface area contributed by atoms with Gasteiger partial charge in [-0.3, -0.25) is 4.98 Å². The third kappa shape index (κ3) is 3.01. The number of nitrogens with one attached hydrogen (secondary N) is 1. The van der Waals surface area contributed by atoms with E-state index in [4.69, 9.17) is 4.74 Å². The largest absolute Gasteiger partial charge is 0.481 e. The minimum Gasteiger partial charge on any atom is -0.481 e. The van der Waals surface area contributed by atoms with Crippen LogP contribution >= 0.6 is 0 Å². The van der Waals surface area contributed by atoms with Gasteiger partial charge in [0.15, 0.2) is 0 Å². The van der Waals surface area contributed by atoms with Gasteiger partial charge in [0.2, 0.25) is 5.88 Å². The molecule has 1 atom stereocenters. The molecule has 2 aromatic heterocycles. The van der Waals surface area contributed by atoms with E-state index in [1.807, 2.05) is 31.4 Å². The van der Waals surface area contributed by atoms with E-state index >= 15 is 0 Å². The van der Waals surface area contributed by atoms with Crippen molar-refractivity contribution in [3.63, 3.8) is 0 Å². The van der Waals surface area contributed by atoms with Crippen molar-refractivity contribution >= 4 is 0 Å². The summed E-state index contributed by atoms with van der Waals surface area (Å²) in [6.07, 6.45) is 5.91. The quantitative estimate of drug-likeness (QED) is 0.861. The fourth-order valence-electron chi connectivity index (χ4n) is 1.78. The Morgan fingerprint density at radius 2 is 2.28 bits per heavy atom. The summed E-state index contributed by atoms with van der Waals surface area (Å²) in [6, 6.07) is 6.01. The predicted molar refractivity (Wildman–Crippen MR) is 68.3 cm³/mol. The van der Waals surface area contributed by atoms with Crippen LogP contribution in [0.2, 0.25) is 0 Å². The summed E-state index contributed by atoms with van der Waals surface area (Å²) in [6.45, 7) is 0. The lowest BCUT2D eigenvalue weighted by atomic mass is 10.0. The Hall–Kier alpha value is -2.01. The zero-order valence-electron chi connectivity index (χ0n) is 10.5. The lowest BCUT2D eigenvalue weighted by Gasteiger charge is -2.15. The van der Waals surface area contributed by atoms with Gasteiger partial charge in [0.05, 0.1) is 7.11 Å². The highest BCUT2D eigenvalue weighted by atomic mass is 16.5. The highest BCUT2D eigenvalue weighted by Crippen LogP contribution is 2.17. The molecule has 0 aromatic carbocycles. The smallest absolute Gasteiger partial charge is 0.216 e. The molecule has 0 spiro atoms. The van der Waals surface area contributed by atoms with E-state index in [1.165, 1.54) is 6.33 Å². The van der Waals surface area contributed by atoms with E-state index < -0.39 is 0 Å². The van der Waals surface area contributed by atoms with Crippen LogP contribution in [0.4, 0.5) is 0 Å². The van der Waals surface area contributed by atoms with Crippen molar-refractivity contribution in [3.05, 3.63) is 48.2 Å². The molecule has 0 aliphatic heterocycles. The molecule has 0 amide bonds. The Kier molecular flexibility index (Phi) is 4.20. The molecule has 0 radical (unpaired) electrons. The molecule has 18 heavy (non-hydrogen) atoms. The second kappa shape index (κ2) is 6.07. The van der Waals surface area contributed by atoms with Crippen molar-refractivity contribution < 1.29 is 4.74 Å². The molecular formula is C13H16N4O. The van der Waals surface area contributed by atoms with Gasteiger partial charge in [-0.1, -0.05) is 6.07 Å². The molecule has 0 aliphatic rings. The fourth-order valence-corrected chi connectivity index (χ4v) is 1.78. The first kappa shape index (κ1) is 12.4. The average Bonchev–Trinajstić information content (AvgIpc) is 2.46. The molecule has 2 heterocycles. The monoisotopic (exact) mass is 244 g/mol. The van der Waals surface area contributed by atoms with E-state index in [0.717, 1.165) is 17.7 Å². The first-order chi connectivity index (χ1) is 8.83. The molecule has 94 valence electrons. The topological polar surface area (TPSA) is 59.9 Å². The van der Waals surface area contributed by atoms with Crippen LogP contribution in [0, 0.1) is 0 Å². The molecule has 1 N–H and O–H groups in total. The van der Waals surface area contributed by atoms with Gasteiger partial charge >= 0.3 is 0 Å². The molecule has 2 aromatic rings. The highest BCUT2D eigenvalue weighted by Gasteiger charge is 2.11. The molecule has 2 rings (SSSR count). The molecule has 0 fully saturated rings. The number of nitrogens with zero attached hydrogens (tertiary/aromatic N) is 3. The summed E-state index contributed by atoms with van der Waals surface area (Å²) < 4.78 is 5.09. The summed E-state index contributed by atoms with van der Waals surface area (Å²) in [5.74, 6) is 0.584. The number of hydrogen-bond donors (Lipinski definition) is 1. The summed E-state index contributed by atoms with van der Waals surface area (Å²) >= 11 is 0. The van der Waals surface area contributed by atoms with E-state index in [0.29, 0.717) is 5.88 Å². The van der Waals surface area contributed by atoms with Crippen molar-refractivity contribution in [2.45, 2.75) is 12.5 Å². The van der Waals surface area contributed by atoms with Gasteiger partial charge in [-0.05, 0) is 18.7 Å². The Morgan fingerprint density at radius 1 is 1.39 bits per heavy atom. The maximum absolute atomic E-state index is 5.09. The second-order valence-electron chi connectivity index (χ2n) is 3.88. The van der Waals surface area contributed by atoms with E-state index in [1.54, 1.807) is 13.3 Å². The van der Waals surface area contributed by atoms with E-state index in [2.05, 4.69) is 20.3 Å². The van der Waals surface area contributed by atoms with Crippen LogP contribution in [0.3, 0.4) is 0 Å². The van der Waals surface area contributed by atoms with Gasteiger partial charge in [-0.25, -0.2) is 9.97 Å². The standard InChI is InChI=1S/C13H16N4O/c1-14-12(10-4-3-5-15-8-10)6-11-7-13(18-2)17-9-16-11/h3-5,7-9,12,14H,6H2,1-2H3. The zero-order chi connectivity index (χ0) is 12.8. The highest BCUT2D eigenvalue weighted by molar-refractivity contribution is 5.19. The van der Waals surface area contributed by atoms with Crippen molar-refractivity contribution in [3.8, 4) is 5.88 Å². The fraction of sp³-hybridized carbons (Fsp3) is 0.308. The Bertz CT molecular complexity index is 489. The van der Waals surface area contributed by atoms with Crippen molar-refractivity contribution in [1.82, 2.24) is 20.3 Å². The van der Waals surface area contributed by atoms with Gasteiger partial charge in [0.25, 0.3) is 0 Å². The molecule has 1 unspecified atom stereocenters. The first-order valence-corrected chi connectivity index (χ1v) is 5.75. The van der Waals surface area contributed by atoms with Gasteiger partial charge in [0.1, 0.15) is 6.33 Å². The number of methoxy groups -OCH3 is 1. The van der Waals surface area contributed by atoms with Gasteiger partial charge in [-0.2, -0.15) is 0 Å². The normalized spacial score (nSPS) is 12.1. The number of rotatable bonds is 5. The molecule has 0 saturated heterocycles. The maximum Gasteiger partial charge on any atom is 0.216 e. The SMILES string of the molecule is CNC(Cc1cc(OC)ncn1)c1cccnc1. The number of pyridine rings is 1. The van der Waals surface area contributed by atoms with Gasteiger partial charge < -0.3 is 10.1 Å². The lowest BCUT2D eigenvalue weighted by Crippen LogP contribution is -2.19. The molecule has 0 saturated carbocycles.